The molecule has 1 aromatic heterocycles. The Bertz CT molecular complexity index is 648. The Kier molecular flexibility index (Phi) is 2.70. The molecular weight excluding hydrogens is 238 g/mol. The first-order valence-electron chi connectivity index (χ1n) is 5.21. The highest BCUT2D eigenvalue weighted by Gasteiger charge is 2.19. The van der Waals surface area contributed by atoms with Crippen LogP contribution >= 0.6 is 7.14 Å². The number of hydrogen-bond donors (Lipinski definition) is 1. The highest BCUT2D eigenvalue weighted by molar-refractivity contribution is 7.71. The quantitative estimate of drug-likeness (QED) is 0.626. The molecule has 90 valence electrons. The van der Waals surface area contributed by atoms with Gasteiger partial charge in [-0.3, -0.25) is 4.98 Å². The van der Waals surface area contributed by atoms with Gasteiger partial charge in [0.25, 0.3) is 0 Å². The van der Waals surface area contributed by atoms with Crippen molar-refractivity contribution in [2.75, 3.05) is 19.1 Å². The van der Waals surface area contributed by atoms with E-state index in [9.17, 15) is 8.96 Å². The Labute approximate surface area is 99.2 Å². The predicted molar refractivity (Wildman–Crippen MR) is 69.9 cm³/mol. The fraction of sp³-hybridized carbons (Fsp3) is 0.250. The molecule has 2 N–H and O–H groups in total. The Morgan fingerprint density at radius 1 is 1.35 bits per heavy atom. The lowest BCUT2D eigenvalue weighted by atomic mass is 10.2. The molecule has 5 heteroatoms. The summed E-state index contributed by atoms with van der Waals surface area (Å²) in [6.07, 6.45) is 0. The third-order valence-corrected chi connectivity index (χ3v) is 4.24. The minimum atomic E-state index is -2.57. The van der Waals surface area contributed by atoms with Crippen LogP contribution in [0.4, 0.5) is 10.1 Å². The maximum absolute atomic E-state index is 13.6. The third kappa shape index (κ3) is 2.05. The van der Waals surface area contributed by atoms with Gasteiger partial charge in [-0.15, -0.1) is 0 Å². The highest BCUT2D eigenvalue weighted by Crippen LogP contribution is 2.40. The molecule has 0 fully saturated rings. The van der Waals surface area contributed by atoms with Crippen LogP contribution in [0.3, 0.4) is 0 Å². The molecule has 0 bridgehead atoms. The molecule has 0 aliphatic heterocycles. The summed E-state index contributed by atoms with van der Waals surface area (Å²) in [5.74, 6) is -0.405. The minimum Gasteiger partial charge on any atom is -0.398 e. The number of hydrogen-bond acceptors (Lipinski definition) is 3. The Hall–Kier alpha value is -1.41. The molecule has 1 heterocycles. The summed E-state index contributed by atoms with van der Waals surface area (Å²) in [5, 5.41) is 1.06. The zero-order chi connectivity index (χ0) is 12.8. The zero-order valence-electron chi connectivity index (χ0n) is 9.99. The first-order valence-corrected chi connectivity index (χ1v) is 7.81. The molecule has 0 amide bonds. The maximum Gasteiger partial charge on any atom is 0.145 e. The molecular formula is C12H14FN2OP. The summed E-state index contributed by atoms with van der Waals surface area (Å²) in [6, 6.07) is 4.75. The molecule has 3 nitrogen and oxygen atoms in total. The van der Waals surface area contributed by atoms with E-state index in [0.29, 0.717) is 27.6 Å². The van der Waals surface area contributed by atoms with Gasteiger partial charge in [-0.1, -0.05) is 0 Å². The second-order valence-corrected chi connectivity index (χ2v) is 7.63. The van der Waals surface area contributed by atoms with Gasteiger partial charge in [0.1, 0.15) is 13.0 Å². The number of nitrogen functional groups attached to an aromatic ring is 1. The summed E-state index contributed by atoms with van der Waals surface area (Å²) in [5.41, 5.74) is 7.22. The van der Waals surface area contributed by atoms with Crippen molar-refractivity contribution in [3.8, 4) is 0 Å². The maximum atomic E-state index is 13.6. The van der Waals surface area contributed by atoms with Gasteiger partial charge in [0.15, 0.2) is 0 Å². The van der Waals surface area contributed by atoms with Crippen LogP contribution in [0, 0.1) is 12.7 Å². The number of anilines is 1. The van der Waals surface area contributed by atoms with E-state index >= 15 is 0 Å². The molecule has 0 unspecified atom stereocenters. The number of nitrogens with zero attached hydrogens (tertiary/aromatic N) is 1. The van der Waals surface area contributed by atoms with Gasteiger partial charge in [-0.25, -0.2) is 4.39 Å². The summed E-state index contributed by atoms with van der Waals surface area (Å²) in [7, 11) is -2.57. The number of benzene rings is 1. The molecule has 17 heavy (non-hydrogen) atoms. The Morgan fingerprint density at radius 2 is 2.00 bits per heavy atom. The predicted octanol–water partition coefficient (Wildman–Crippen LogP) is 2.51. The van der Waals surface area contributed by atoms with Crippen LogP contribution in [0.15, 0.2) is 18.2 Å². The van der Waals surface area contributed by atoms with Crippen molar-refractivity contribution >= 4 is 29.0 Å². The van der Waals surface area contributed by atoms with Gasteiger partial charge in [-0.05, 0) is 38.5 Å². The third-order valence-electron chi connectivity index (χ3n) is 2.67. The number of halogens is 1. The van der Waals surface area contributed by atoms with Crippen LogP contribution < -0.4 is 11.0 Å². The fourth-order valence-electron chi connectivity index (χ4n) is 1.92. The van der Waals surface area contributed by atoms with Crippen LogP contribution in [0.25, 0.3) is 10.9 Å². The molecule has 0 saturated heterocycles. The van der Waals surface area contributed by atoms with Crippen molar-refractivity contribution in [3.05, 3.63) is 29.7 Å². The number of fused-ring (bicyclic) bond motifs is 1. The fourth-order valence-corrected chi connectivity index (χ4v) is 3.38. The van der Waals surface area contributed by atoms with Crippen molar-refractivity contribution in [1.29, 1.82) is 0 Å². The van der Waals surface area contributed by atoms with Gasteiger partial charge in [0, 0.05) is 16.4 Å². The Balaban J connectivity index is 2.95. The zero-order valence-corrected chi connectivity index (χ0v) is 10.9. The molecule has 0 atom stereocenters. The van der Waals surface area contributed by atoms with Crippen molar-refractivity contribution in [2.24, 2.45) is 0 Å². The van der Waals surface area contributed by atoms with E-state index in [-0.39, 0.29) is 0 Å². The lowest BCUT2D eigenvalue weighted by Crippen LogP contribution is -2.12. The average Bonchev–Trinajstić information content (AvgIpc) is 2.18. The van der Waals surface area contributed by atoms with Crippen LogP contribution in [-0.2, 0) is 4.57 Å². The van der Waals surface area contributed by atoms with E-state index in [0.717, 1.165) is 0 Å². The molecule has 0 aliphatic carbocycles. The number of aryl methyl sites for hydroxylation is 1. The van der Waals surface area contributed by atoms with Crippen LogP contribution in [-0.4, -0.2) is 18.3 Å². The topological polar surface area (TPSA) is 56.0 Å². The van der Waals surface area contributed by atoms with Crippen molar-refractivity contribution in [2.45, 2.75) is 6.92 Å². The summed E-state index contributed by atoms with van der Waals surface area (Å²) < 4.78 is 25.8. The molecule has 0 saturated carbocycles. The standard InChI is InChI=1S/C12H14FN2OP/c1-7-9(13)6-8-11(15-7)5-4-10(14)12(8)17(2,3)16/h4-6H,14H2,1-3H3. The van der Waals surface area contributed by atoms with E-state index < -0.39 is 13.0 Å². The van der Waals surface area contributed by atoms with Crippen molar-refractivity contribution < 1.29 is 8.96 Å². The van der Waals surface area contributed by atoms with E-state index in [1.54, 1.807) is 32.4 Å². The first-order chi connectivity index (χ1) is 7.80. The SMILES string of the molecule is Cc1nc2ccc(N)c(P(C)(C)=O)c2cc1F. The number of nitrogens with two attached hydrogens (primary N) is 1. The number of aromatic nitrogens is 1. The molecule has 2 rings (SSSR count). The number of pyridine rings is 1. The van der Waals surface area contributed by atoms with Gasteiger partial charge in [-0.2, -0.15) is 0 Å². The van der Waals surface area contributed by atoms with E-state index in [4.69, 9.17) is 5.73 Å². The summed E-state index contributed by atoms with van der Waals surface area (Å²) in [6.45, 7) is 4.84. The van der Waals surface area contributed by atoms with Crippen LogP contribution in [0.2, 0.25) is 0 Å². The van der Waals surface area contributed by atoms with Crippen molar-refractivity contribution in [3.63, 3.8) is 0 Å². The average molecular weight is 252 g/mol. The number of rotatable bonds is 1. The smallest absolute Gasteiger partial charge is 0.145 e. The van der Waals surface area contributed by atoms with Crippen LogP contribution in [0.5, 0.6) is 0 Å². The van der Waals surface area contributed by atoms with Gasteiger partial charge in [0.05, 0.1) is 11.2 Å². The molecule has 0 radical (unpaired) electrons. The summed E-state index contributed by atoms with van der Waals surface area (Å²) >= 11 is 0. The molecule has 0 aliphatic rings. The highest BCUT2D eigenvalue weighted by atomic mass is 31.2. The van der Waals surface area contributed by atoms with E-state index in [2.05, 4.69) is 4.98 Å². The molecule has 0 spiro atoms. The lowest BCUT2D eigenvalue weighted by Gasteiger charge is -2.14. The van der Waals surface area contributed by atoms with Crippen molar-refractivity contribution in [1.82, 2.24) is 4.98 Å². The second-order valence-electron chi connectivity index (χ2n) is 4.48. The molecule has 1 aromatic carbocycles. The normalized spacial score (nSPS) is 12.0. The van der Waals surface area contributed by atoms with Gasteiger partial charge < -0.3 is 10.3 Å². The minimum absolute atomic E-state index is 0.329. The van der Waals surface area contributed by atoms with E-state index in [1.165, 1.54) is 6.07 Å². The monoisotopic (exact) mass is 252 g/mol. The first kappa shape index (κ1) is 12.1. The lowest BCUT2D eigenvalue weighted by molar-refractivity contribution is 0.588. The summed E-state index contributed by atoms with van der Waals surface area (Å²) in [4.78, 5) is 4.14. The second kappa shape index (κ2) is 3.81. The van der Waals surface area contributed by atoms with Gasteiger partial charge in [0.2, 0.25) is 0 Å². The largest absolute Gasteiger partial charge is 0.398 e. The van der Waals surface area contributed by atoms with E-state index in [1.807, 2.05) is 0 Å². The van der Waals surface area contributed by atoms with Crippen LogP contribution in [0.1, 0.15) is 5.69 Å². The molecule has 2 aromatic rings. The Morgan fingerprint density at radius 3 is 2.59 bits per heavy atom. The van der Waals surface area contributed by atoms with Gasteiger partial charge >= 0.3 is 0 Å².